The van der Waals surface area contributed by atoms with Crippen LogP contribution in [0.1, 0.15) is 12.8 Å². The number of nitrogens with zero attached hydrogens (tertiary/aromatic N) is 2. The second kappa shape index (κ2) is 6.54. The van der Waals surface area contributed by atoms with Crippen molar-refractivity contribution in [1.29, 1.82) is 0 Å². The highest BCUT2D eigenvalue weighted by Gasteiger charge is 2.15. The summed E-state index contributed by atoms with van der Waals surface area (Å²) >= 11 is 0. The molecule has 0 amide bonds. The summed E-state index contributed by atoms with van der Waals surface area (Å²) in [5.41, 5.74) is 1.02. The van der Waals surface area contributed by atoms with E-state index >= 15 is 0 Å². The number of anilines is 2. The van der Waals surface area contributed by atoms with E-state index in [0.29, 0.717) is 6.04 Å². The predicted octanol–water partition coefficient (Wildman–Crippen LogP) is 2.78. The first kappa shape index (κ1) is 13.8. The molecule has 2 heterocycles. The number of hydrogen-bond donors (Lipinski definition) is 2. The Kier molecular flexibility index (Phi) is 4.31. The van der Waals surface area contributed by atoms with Crippen LogP contribution in [0.3, 0.4) is 0 Å². The molecule has 2 aromatic rings. The molecule has 5 nitrogen and oxygen atoms in total. The fraction of sp³-hybridized carbons (Fsp3) is 0.375. The van der Waals surface area contributed by atoms with E-state index in [1.54, 1.807) is 0 Å². The minimum atomic E-state index is 0.418. The lowest BCUT2D eigenvalue weighted by molar-refractivity contribution is 0.0904. The summed E-state index contributed by atoms with van der Waals surface area (Å²) in [6, 6.07) is 12.4. The topological polar surface area (TPSA) is 59.1 Å². The Hall–Kier alpha value is -2.14. The molecule has 110 valence electrons. The minimum Gasteiger partial charge on any atom is -0.381 e. The molecule has 1 aromatic carbocycles. The zero-order valence-corrected chi connectivity index (χ0v) is 12.2. The summed E-state index contributed by atoms with van der Waals surface area (Å²) in [5.74, 6) is 2.41. The summed E-state index contributed by atoms with van der Waals surface area (Å²) in [5, 5.41) is 6.59. The second-order valence-corrected chi connectivity index (χ2v) is 5.11. The van der Waals surface area contributed by atoms with E-state index in [2.05, 4.69) is 20.6 Å². The molecule has 2 N–H and O–H groups in total. The monoisotopic (exact) mass is 284 g/mol. The van der Waals surface area contributed by atoms with Crippen molar-refractivity contribution in [3.8, 4) is 11.4 Å². The molecule has 0 radical (unpaired) electrons. The molecule has 0 unspecified atom stereocenters. The maximum atomic E-state index is 5.39. The lowest BCUT2D eigenvalue weighted by Crippen LogP contribution is -2.28. The van der Waals surface area contributed by atoms with Gasteiger partial charge in [0.1, 0.15) is 11.6 Å². The Balaban J connectivity index is 1.86. The average molecular weight is 284 g/mol. The van der Waals surface area contributed by atoms with Crippen LogP contribution in [0, 0.1) is 0 Å². The van der Waals surface area contributed by atoms with Crippen molar-refractivity contribution in [2.45, 2.75) is 18.9 Å². The van der Waals surface area contributed by atoms with Crippen molar-refractivity contribution < 1.29 is 4.74 Å². The van der Waals surface area contributed by atoms with Crippen LogP contribution in [0.2, 0.25) is 0 Å². The van der Waals surface area contributed by atoms with Crippen molar-refractivity contribution in [2.75, 3.05) is 30.9 Å². The van der Waals surface area contributed by atoms with Crippen LogP contribution in [0.4, 0.5) is 11.6 Å². The van der Waals surface area contributed by atoms with E-state index in [4.69, 9.17) is 4.74 Å². The highest BCUT2D eigenvalue weighted by molar-refractivity contribution is 5.61. The van der Waals surface area contributed by atoms with E-state index in [0.717, 1.165) is 49.1 Å². The first-order valence-corrected chi connectivity index (χ1v) is 7.31. The Morgan fingerprint density at radius 3 is 2.48 bits per heavy atom. The van der Waals surface area contributed by atoms with Crippen LogP contribution >= 0.6 is 0 Å². The average Bonchev–Trinajstić information content (AvgIpc) is 2.56. The summed E-state index contributed by atoms with van der Waals surface area (Å²) in [6.45, 7) is 1.63. The van der Waals surface area contributed by atoms with Crippen LogP contribution < -0.4 is 10.6 Å². The lowest BCUT2D eigenvalue weighted by Gasteiger charge is -2.24. The van der Waals surface area contributed by atoms with Crippen LogP contribution in [0.25, 0.3) is 11.4 Å². The summed E-state index contributed by atoms with van der Waals surface area (Å²) in [6.07, 6.45) is 2.03. The second-order valence-electron chi connectivity index (χ2n) is 5.11. The lowest BCUT2D eigenvalue weighted by atomic mass is 10.1. The third-order valence-corrected chi connectivity index (χ3v) is 3.59. The summed E-state index contributed by atoms with van der Waals surface area (Å²) in [7, 11) is 1.87. The van der Waals surface area contributed by atoms with Crippen LogP contribution in [-0.2, 0) is 4.74 Å². The van der Waals surface area contributed by atoms with Crippen molar-refractivity contribution in [2.24, 2.45) is 0 Å². The van der Waals surface area contributed by atoms with Crippen molar-refractivity contribution >= 4 is 11.6 Å². The number of rotatable bonds is 4. The highest BCUT2D eigenvalue weighted by atomic mass is 16.5. The van der Waals surface area contributed by atoms with Crippen molar-refractivity contribution in [1.82, 2.24) is 9.97 Å². The standard InChI is InChI=1S/C16H20N4O/c1-17-14-11-15(18-13-7-9-21-10-8-13)20-16(19-14)12-5-3-2-4-6-12/h2-6,11,13H,7-10H2,1H3,(H2,17,18,19,20). The van der Waals surface area contributed by atoms with Gasteiger partial charge in [-0.15, -0.1) is 0 Å². The van der Waals surface area contributed by atoms with Gasteiger partial charge in [-0.2, -0.15) is 0 Å². The van der Waals surface area contributed by atoms with Crippen LogP contribution in [0.15, 0.2) is 36.4 Å². The number of benzene rings is 1. The van der Waals surface area contributed by atoms with E-state index in [9.17, 15) is 0 Å². The molecule has 1 aliphatic rings. The van der Waals surface area contributed by atoms with Gasteiger partial charge in [0.25, 0.3) is 0 Å². The summed E-state index contributed by atoms with van der Waals surface area (Å²) in [4.78, 5) is 9.17. The van der Waals surface area contributed by atoms with Gasteiger partial charge in [-0.3, -0.25) is 0 Å². The first-order chi connectivity index (χ1) is 10.3. The van der Waals surface area contributed by atoms with Gasteiger partial charge in [-0.25, -0.2) is 9.97 Å². The zero-order valence-electron chi connectivity index (χ0n) is 12.2. The summed E-state index contributed by atoms with van der Waals surface area (Å²) < 4.78 is 5.39. The fourth-order valence-electron chi connectivity index (χ4n) is 2.42. The molecule has 1 saturated heterocycles. The van der Waals surface area contributed by atoms with Gasteiger partial charge in [-0.05, 0) is 12.8 Å². The van der Waals surface area contributed by atoms with E-state index in [-0.39, 0.29) is 0 Å². The molecule has 1 aromatic heterocycles. The van der Waals surface area contributed by atoms with Gasteiger partial charge in [0.05, 0.1) is 0 Å². The number of hydrogen-bond acceptors (Lipinski definition) is 5. The van der Waals surface area contributed by atoms with Crippen molar-refractivity contribution in [3.63, 3.8) is 0 Å². The largest absolute Gasteiger partial charge is 0.381 e. The molecule has 0 spiro atoms. The molecule has 3 rings (SSSR count). The molecule has 0 atom stereocenters. The normalized spacial score (nSPS) is 15.7. The molecular weight excluding hydrogens is 264 g/mol. The molecule has 0 bridgehead atoms. The number of ether oxygens (including phenoxy) is 1. The minimum absolute atomic E-state index is 0.418. The smallest absolute Gasteiger partial charge is 0.163 e. The number of aromatic nitrogens is 2. The van der Waals surface area contributed by atoms with Gasteiger partial charge in [-0.1, -0.05) is 30.3 Å². The van der Waals surface area contributed by atoms with Gasteiger partial charge in [0, 0.05) is 37.9 Å². The zero-order chi connectivity index (χ0) is 14.5. The maximum absolute atomic E-state index is 5.39. The molecule has 0 saturated carbocycles. The number of nitrogens with one attached hydrogen (secondary N) is 2. The Morgan fingerprint density at radius 2 is 1.76 bits per heavy atom. The first-order valence-electron chi connectivity index (χ1n) is 7.31. The quantitative estimate of drug-likeness (QED) is 0.904. The fourth-order valence-corrected chi connectivity index (χ4v) is 2.42. The Morgan fingerprint density at radius 1 is 1.05 bits per heavy atom. The van der Waals surface area contributed by atoms with Gasteiger partial charge in [0.15, 0.2) is 5.82 Å². The molecular formula is C16H20N4O. The SMILES string of the molecule is CNc1cc(NC2CCOCC2)nc(-c2ccccc2)n1. The van der Waals surface area contributed by atoms with Gasteiger partial charge in [0.2, 0.25) is 0 Å². The van der Waals surface area contributed by atoms with Crippen LogP contribution in [0.5, 0.6) is 0 Å². The van der Waals surface area contributed by atoms with Gasteiger partial charge >= 0.3 is 0 Å². The highest BCUT2D eigenvalue weighted by Crippen LogP contribution is 2.21. The maximum Gasteiger partial charge on any atom is 0.163 e. The molecule has 21 heavy (non-hydrogen) atoms. The Bertz CT molecular complexity index is 582. The van der Waals surface area contributed by atoms with E-state index in [1.165, 1.54) is 0 Å². The molecule has 1 fully saturated rings. The molecule has 1 aliphatic heterocycles. The van der Waals surface area contributed by atoms with Gasteiger partial charge < -0.3 is 15.4 Å². The predicted molar refractivity (Wildman–Crippen MR) is 84.5 cm³/mol. The molecule has 5 heteroatoms. The Labute approximate surface area is 124 Å². The van der Waals surface area contributed by atoms with Crippen molar-refractivity contribution in [3.05, 3.63) is 36.4 Å². The molecule has 0 aliphatic carbocycles. The third-order valence-electron chi connectivity index (χ3n) is 3.59. The van der Waals surface area contributed by atoms with E-state index in [1.807, 2.05) is 43.4 Å². The van der Waals surface area contributed by atoms with E-state index < -0.39 is 0 Å². The third kappa shape index (κ3) is 3.49. The van der Waals surface area contributed by atoms with Crippen LogP contribution in [-0.4, -0.2) is 36.3 Å².